The summed E-state index contributed by atoms with van der Waals surface area (Å²) in [5.74, 6) is -0.179. The van der Waals surface area contributed by atoms with E-state index < -0.39 is 5.54 Å². The molecule has 0 atom stereocenters. The molecule has 4 nitrogen and oxygen atoms in total. The minimum atomic E-state index is -0.397. The minimum absolute atomic E-state index is 0.0538. The molecular formula is C18H26FN3O. The highest BCUT2D eigenvalue weighted by Gasteiger charge is 2.35. The van der Waals surface area contributed by atoms with Gasteiger partial charge in [-0.1, -0.05) is 31.4 Å². The van der Waals surface area contributed by atoms with Crippen LogP contribution in [0, 0.1) is 5.82 Å². The average molecular weight is 319 g/mol. The zero-order valence-electron chi connectivity index (χ0n) is 13.6. The Balaban J connectivity index is 1.72. The Labute approximate surface area is 137 Å². The van der Waals surface area contributed by atoms with Crippen LogP contribution in [-0.2, 0) is 10.3 Å². The predicted molar refractivity (Wildman–Crippen MR) is 88.6 cm³/mol. The van der Waals surface area contributed by atoms with Gasteiger partial charge in [0.2, 0.25) is 5.91 Å². The van der Waals surface area contributed by atoms with Crippen LogP contribution in [0.2, 0.25) is 0 Å². The van der Waals surface area contributed by atoms with Crippen molar-refractivity contribution in [3.05, 3.63) is 35.6 Å². The van der Waals surface area contributed by atoms with E-state index in [1.54, 1.807) is 12.1 Å². The fourth-order valence-electron chi connectivity index (χ4n) is 3.81. The highest BCUT2D eigenvalue weighted by molar-refractivity contribution is 5.79. The molecule has 0 radical (unpaired) electrons. The van der Waals surface area contributed by atoms with Crippen LogP contribution in [0.1, 0.15) is 37.7 Å². The molecule has 5 heteroatoms. The summed E-state index contributed by atoms with van der Waals surface area (Å²) in [6.07, 6.45) is 5.12. The first kappa shape index (κ1) is 16.4. The van der Waals surface area contributed by atoms with Crippen LogP contribution in [0.4, 0.5) is 4.39 Å². The Morgan fingerprint density at radius 3 is 2.65 bits per heavy atom. The van der Waals surface area contributed by atoms with Gasteiger partial charge in [-0.15, -0.1) is 0 Å². The number of hydrogen-bond donors (Lipinski definition) is 2. The van der Waals surface area contributed by atoms with Crippen LogP contribution in [0.25, 0.3) is 0 Å². The van der Waals surface area contributed by atoms with Crippen molar-refractivity contribution in [2.24, 2.45) is 0 Å². The maximum absolute atomic E-state index is 13.7. The lowest BCUT2D eigenvalue weighted by Gasteiger charge is -2.39. The van der Waals surface area contributed by atoms with Crippen molar-refractivity contribution in [3.63, 3.8) is 0 Å². The van der Waals surface area contributed by atoms with E-state index in [1.807, 2.05) is 6.07 Å². The van der Waals surface area contributed by atoms with E-state index >= 15 is 0 Å². The molecule has 1 aromatic carbocycles. The zero-order chi connectivity index (χ0) is 16.1. The molecule has 2 N–H and O–H groups in total. The van der Waals surface area contributed by atoms with Gasteiger partial charge in [-0.05, 0) is 30.5 Å². The van der Waals surface area contributed by atoms with E-state index in [0.29, 0.717) is 6.54 Å². The number of halogens is 1. The summed E-state index contributed by atoms with van der Waals surface area (Å²) in [7, 11) is 0. The largest absolute Gasteiger partial charge is 0.345 e. The summed E-state index contributed by atoms with van der Waals surface area (Å²) in [5.41, 5.74) is 0.511. The molecule has 1 saturated heterocycles. The van der Waals surface area contributed by atoms with E-state index in [4.69, 9.17) is 0 Å². The van der Waals surface area contributed by atoms with Gasteiger partial charge in [0.05, 0.1) is 12.1 Å². The third kappa shape index (κ3) is 4.09. The number of nitrogens with one attached hydrogen (secondary N) is 2. The van der Waals surface area contributed by atoms with Crippen molar-refractivity contribution in [1.29, 1.82) is 0 Å². The monoisotopic (exact) mass is 319 g/mol. The second kappa shape index (κ2) is 7.41. The Kier molecular flexibility index (Phi) is 5.28. The van der Waals surface area contributed by atoms with Crippen LogP contribution in [-0.4, -0.2) is 43.5 Å². The van der Waals surface area contributed by atoms with Gasteiger partial charge in [0.1, 0.15) is 5.82 Å². The number of piperazine rings is 1. The zero-order valence-corrected chi connectivity index (χ0v) is 13.6. The van der Waals surface area contributed by atoms with Crippen LogP contribution in [0.5, 0.6) is 0 Å². The molecule has 0 bridgehead atoms. The number of nitrogens with zero attached hydrogens (tertiary/aromatic N) is 1. The summed E-state index contributed by atoms with van der Waals surface area (Å²) in [5, 5.41) is 6.55. The Morgan fingerprint density at radius 1 is 1.22 bits per heavy atom. The van der Waals surface area contributed by atoms with Crippen LogP contribution >= 0.6 is 0 Å². The molecule has 0 aromatic heterocycles. The molecule has 2 fully saturated rings. The predicted octanol–water partition coefficient (Wildman–Crippen LogP) is 2.01. The van der Waals surface area contributed by atoms with Crippen molar-refractivity contribution < 1.29 is 9.18 Å². The molecule has 2 aliphatic rings. The van der Waals surface area contributed by atoms with E-state index in [1.165, 1.54) is 12.5 Å². The van der Waals surface area contributed by atoms with E-state index in [2.05, 4.69) is 15.5 Å². The third-order valence-corrected chi connectivity index (χ3v) is 5.04. The molecule has 1 aromatic rings. The first-order valence-corrected chi connectivity index (χ1v) is 8.68. The van der Waals surface area contributed by atoms with E-state index in [9.17, 15) is 9.18 Å². The quantitative estimate of drug-likeness (QED) is 0.892. The van der Waals surface area contributed by atoms with E-state index in [0.717, 1.165) is 57.4 Å². The van der Waals surface area contributed by atoms with Crippen LogP contribution in [0.15, 0.2) is 24.3 Å². The second-order valence-corrected chi connectivity index (χ2v) is 6.73. The lowest BCUT2D eigenvalue weighted by Crippen LogP contribution is -2.53. The topological polar surface area (TPSA) is 44.4 Å². The number of carbonyl (C=O) groups excluding carboxylic acids is 1. The Hall–Kier alpha value is -1.46. The molecular weight excluding hydrogens is 293 g/mol. The minimum Gasteiger partial charge on any atom is -0.345 e. The standard InChI is InChI=1S/C18H26FN3O/c19-16-6-4-5-15(13-16)18(7-2-1-3-8-18)21-17(23)14-22-11-9-20-10-12-22/h4-6,13,20H,1-3,7-12,14H2,(H,21,23). The van der Waals surface area contributed by atoms with Gasteiger partial charge in [0.25, 0.3) is 0 Å². The van der Waals surface area contributed by atoms with Gasteiger partial charge in [-0.3, -0.25) is 9.69 Å². The lowest BCUT2D eigenvalue weighted by molar-refractivity contribution is -0.125. The molecule has 23 heavy (non-hydrogen) atoms. The third-order valence-electron chi connectivity index (χ3n) is 5.04. The first-order chi connectivity index (χ1) is 11.2. The fraction of sp³-hybridized carbons (Fsp3) is 0.611. The molecule has 126 valence electrons. The number of carbonyl (C=O) groups is 1. The number of hydrogen-bond acceptors (Lipinski definition) is 3. The Morgan fingerprint density at radius 2 is 1.96 bits per heavy atom. The second-order valence-electron chi connectivity index (χ2n) is 6.73. The highest BCUT2D eigenvalue weighted by Crippen LogP contribution is 2.37. The molecule has 1 aliphatic carbocycles. The molecule has 3 rings (SSSR count). The van der Waals surface area contributed by atoms with Crippen LogP contribution < -0.4 is 10.6 Å². The maximum Gasteiger partial charge on any atom is 0.234 e. The molecule has 1 saturated carbocycles. The molecule has 1 amide bonds. The molecule has 0 spiro atoms. The highest BCUT2D eigenvalue weighted by atomic mass is 19.1. The summed E-state index contributed by atoms with van der Waals surface area (Å²) in [6.45, 7) is 4.10. The van der Waals surface area contributed by atoms with Crippen molar-refractivity contribution in [2.75, 3.05) is 32.7 Å². The SMILES string of the molecule is O=C(CN1CCNCC1)NC1(c2cccc(F)c2)CCCCC1. The summed E-state index contributed by atoms with van der Waals surface area (Å²) < 4.78 is 13.7. The summed E-state index contributed by atoms with van der Waals surface area (Å²) in [6, 6.07) is 6.72. The van der Waals surface area contributed by atoms with Crippen molar-refractivity contribution in [1.82, 2.24) is 15.5 Å². The first-order valence-electron chi connectivity index (χ1n) is 8.68. The molecule has 1 heterocycles. The number of benzene rings is 1. The van der Waals surface area contributed by atoms with Gasteiger partial charge < -0.3 is 10.6 Å². The summed E-state index contributed by atoms with van der Waals surface area (Å²) in [4.78, 5) is 14.8. The molecule has 0 unspecified atom stereocenters. The van der Waals surface area contributed by atoms with Gasteiger partial charge >= 0.3 is 0 Å². The van der Waals surface area contributed by atoms with Gasteiger partial charge in [0.15, 0.2) is 0 Å². The van der Waals surface area contributed by atoms with Gasteiger partial charge in [-0.2, -0.15) is 0 Å². The fourth-order valence-corrected chi connectivity index (χ4v) is 3.81. The lowest BCUT2D eigenvalue weighted by atomic mass is 9.76. The molecule has 1 aliphatic heterocycles. The Bertz CT molecular complexity index is 537. The van der Waals surface area contributed by atoms with Gasteiger partial charge in [-0.25, -0.2) is 4.39 Å². The van der Waals surface area contributed by atoms with Crippen molar-refractivity contribution >= 4 is 5.91 Å². The maximum atomic E-state index is 13.7. The average Bonchev–Trinajstić information content (AvgIpc) is 2.56. The smallest absolute Gasteiger partial charge is 0.234 e. The summed E-state index contributed by atoms with van der Waals surface area (Å²) >= 11 is 0. The number of amides is 1. The number of rotatable bonds is 4. The van der Waals surface area contributed by atoms with E-state index in [-0.39, 0.29) is 11.7 Å². The van der Waals surface area contributed by atoms with Crippen molar-refractivity contribution in [2.45, 2.75) is 37.6 Å². The van der Waals surface area contributed by atoms with Crippen molar-refractivity contribution in [3.8, 4) is 0 Å². The normalized spacial score (nSPS) is 21.8. The van der Waals surface area contributed by atoms with Gasteiger partial charge in [0, 0.05) is 26.2 Å². The van der Waals surface area contributed by atoms with Crippen LogP contribution in [0.3, 0.4) is 0 Å².